The van der Waals surface area contributed by atoms with Crippen molar-refractivity contribution < 1.29 is 4.79 Å². The van der Waals surface area contributed by atoms with Gasteiger partial charge in [0, 0.05) is 26.8 Å². The third-order valence-electron chi connectivity index (χ3n) is 4.01. The molecule has 0 saturated heterocycles. The highest BCUT2D eigenvalue weighted by atomic mass is 16.2. The van der Waals surface area contributed by atoms with Gasteiger partial charge in [-0.15, -0.1) is 0 Å². The molecule has 0 spiro atoms. The van der Waals surface area contributed by atoms with Crippen LogP contribution < -0.4 is 10.6 Å². The minimum atomic E-state index is 0.0149. The van der Waals surface area contributed by atoms with Gasteiger partial charge in [-0.05, 0) is 25.8 Å². The summed E-state index contributed by atoms with van der Waals surface area (Å²) in [6.07, 6.45) is 7.10. The number of guanidine groups is 1. The van der Waals surface area contributed by atoms with Crippen molar-refractivity contribution in [1.29, 1.82) is 0 Å². The van der Waals surface area contributed by atoms with Gasteiger partial charge in [-0.3, -0.25) is 9.48 Å². The topological polar surface area (TPSA) is 74.5 Å². The lowest BCUT2D eigenvalue weighted by Gasteiger charge is -2.14. The summed E-state index contributed by atoms with van der Waals surface area (Å²) in [5.74, 6) is 0.652. The molecular formula is C16H28N6O. The van der Waals surface area contributed by atoms with Gasteiger partial charge < -0.3 is 15.5 Å². The van der Waals surface area contributed by atoms with Crippen molar-refractivity contribution in [3.8, 4) is 0 Å². The second-order valence-electron chi connectivity index (χ2n) is 6.06. The number of aliphatic imine (C=N–C) groups is 1. The fourth-order valence-corrected chi connectivity index (χ4v) is 2.65. The second kappa shape index (κ2) is 8.55. The third-order valence-corrected chi connectivity index (χ3v) is 4.01. The monoisotopic (exact) mass is 320 g/mol. The molecule has 1 amide bonds. The van der Waals surface area contributed by atoms with E-state index in [0.29, 0.717) is 18.5 Å². The Hall–Kier alpha value is -2.05. The number of nitrogens with one attached hydrogen (secondary N) is 2. The van der Waals surface area contributed by atoms with E-state index in [1.54, 1.807) is 19.0 Å². The van der Waals surface area contributed by atoms with E-state index in [2.05, 4.69) is 31.6 Å². The van der Waals surface area contributed by atoms with E-state index in [-0.39, 0.29) is 12.5 Å². The Morgan fingerprint density at radius 1 is 1.39 bits per heavy atom. The number of likely N-dealkylation sites (N-methyl/N-ethyl adjacent to an activating group) is 1. The molecule has 1 heterocycles. The van der Waals surface area contributed by atoms with Crippen LogP contribution in [0.5, 0.6) is 0 Å². The summed E-state index contributed by atoms with van der Waals surface area (Å²) in [5.41, 5.74) is 0.952. The van der Waals surface area contributed by atoms with Crippen molar-refractivity contribution >= 4 is 11.9 Å². The molecular weight excluding hydrogens is 292 g/mol. The number of rotatable bonds is 6. The first kappa shape index (κ1) is 17.3. The Labute approximate surface area is 138 Å². The van der Waals surface area contributed by atoms with Gasteiger partial charge in [-0.2, -0.15) is 5.10 Å². The second-order valence-corrected chi connectivity index (χ2v) is 6.06. The lowest BCUT2D eigenvalue weighted by Crippen LogP contribution is -2.42. The van der Waals surface area contributed by atoms with Gasteiger partial charge in [0.2, 0.25) is 5.91 Å². The molecule has 128 valence electrons. The smallest absolute Gasteiger partial charge is 0.241 e. The fourth-order valence-electron chi connectivity index (χ4n) is 2.65. The predicted octanol–water partition coefficient (Wildman–Crippen LogP) is 1.14. The first-order valence-corrected chi connectivity index (χ1v) is 8.36. The van der Waals surface area contributed by atoms with Crippen LogP contribution in [0.4, 0.5) is 0 Å². The van der Waals surface area contributed by atoms with Gasteiger partial charge in [-0.25, -0.2) is 4.99 Å². The molecule has 2 rings (SSSR count). The lowest BCUT2D eigenvalue weighted by atomic mass is 10.3. The Morgan fingerprint density at radius 2 is 2.13 bits per heavy atom. The van der Waals surface area contributed by atoms with Gasteiger partial charge in [0.1, 0.15) is 0 Å². The molecule has 1 aliphatic carbocycles. The van der Waals surface area contributed by atoms with Crippen LogP contribution in [0.3, 0.4) is 0 Å². The lowest BCUT2D eigenvalue weighted by molar-refractivity contribution is -0.127. The third kappa shape index (κ3) is 5.26. The van der Waals surface area contributed by atoms with Gasteiger partial charge in [0.25, 0.3) is 0 Å². The Morgan fingerprint density at radius 3 is 2.78 bits per heavy atom. The standard InChI is InChI=1S/C16H28N6O/c1-4-17-16(19-12-15(23)21(2)3)18-11-13-9-10-22(20-13)14-7-5-6-8-14/h9-10,14H,4-8,11-12H2,1-3H3,(H2,17,18,19). The van der Waals surface area contributed by atoms with E-state index in [1.165, 1.54) is 25.7 Å². The summed E-state index contributed by atoms with van der Waals surface area (Å²) in [4.78, 5) is 17.7. The van der Waals surface area contributed by atoms with Crippen molar-refractivity contribution in [3.05, 3.63) is 18.0 Å². The maximum atomic E-state index is 11.6. The maximum absolute atomic E-state index is 11.6. The van der Waals surface area contributed by atoms with E-state index in [1.807, 2.05) is 13.0 Å². The van der Waals surface area contributed by atoms with E-state index < -0.39 is 0 Å². The summed E-state index contributed by atoms with van der Waals surface area (Å²) >= 11 is 0. The molecule has 1 saturated carbocycles. The van der Waals surface area contributed by atoms with Gasteiger partial charge >= 0.3 is 0 Å². The molecule has 1 aromatic rings. The molecule has 23 heavy (non-hydrogen) atoms. The van der Waals surface area contributed by atoms with Crippen molar-refractivity contribution in [2.45, 2.75) is 45.2 Å². The molecule has 0 unspecified atom stereocenters. The molecule has 0 atom stereocenters. The maximum Gasteiger partial charge on any atom is 0.241 e. The number of aromatic nitrogens is 2. The van der Waals surface area contributed by atoms with Crippen LogP contribution in [0.1, 0.15) is 44.3 Å². The van der Waals surface area contributed by atoms with Gasteiger partial charge in [0.05, 0.1) is 24.8 Å². The van der Waals surface area contributed by atoms with Gasteiger partial charge in [0.15, 0.2) is 5.96 Å². The van der Waals surface area contributed by atoms with E-state index in [0.717, 1.165) is 12.2 Å². The number of hydrogen-bond donors (Lipinski definition) is 2. The summed E-state index contributed by atoms with van der Waals surface area (Å²) in [7, 11) is 3.48. The van der Waals surface area contributed by atoms with Crippen molar-refractivity contribution in [1.82, 2.24) is 25.3 Å². The minimum absolute atomic E-state index is 0.0149. The molecule has 1 aromatic heterocycles. The summed E-state index contributed by atoms with van der Waals surface area (Å²) in [5, 5.41) is 10.8. The zero-order chi connectivity index (χ0) is 16.7. The zero-order valence-electron chi connectivity index (χ0n) is 14.4. The quantitative estimate of drug-likeness (QED) is 0.609. The summed E-state index contributed by atoms with van der Waals surface area (Å²) < 4.78 is 2.08. The van der Waals surface area contributed by atoms with Gasteiger partial charge in [-0.1, -0.05) is 12.8 Å². The SMILES string of the molecule is CCNC(=NCc1ccn(C2CCCC2)n1)NCC(=O)N(C)C. The Bertz CT molecular complexity index is 530. The molecule has 7 heteroatoms. The normalized spacial score (nSPS) is 15.7. The zero-order valence-corrected chi connectivity index (χ0v) is 14.4. The highest BCUT2D eigenvalue weighted by Gasteiger charge is 2.17. The molecule has 1 aliphatic rings. The molecule has 2 N–H and O–H groups in total. The van der Waals surface area contributed by atoms with Crippen LogP contribution in [0.2, 0.25) is 0 Å². The molecule has 1 fully saturated rings. The van der Waals surface area contributed by atoms with E-state index in [9.17, 15) is 4.79 Å². The van der Waals surface area contributed by atoms with E-state index in [4.69, 9.17) is 0 Å². The average molecular weight is 320 g/mol. The largest absolute Gasteiger partial charge is 0.357 e. The van der Waals surface area contributed by atoms with Crippen LogP contribution in [0, 0.1) is 0 Å². The number of carbonyl (C=O) groups is 1. The van der Waals surface area contributed by atoms with Crippen LogP contribution in [-0.2, 0) is 11.3 Å². The van der Waals surface area contributed by atoms with Crippen LogP contribution in [0.15, 0.2) is 17.3 Å². The van der Waals surface area contributed by atoms with Crippen molar-refractivity contribution in [2.24, 2.45) is 4.99 Å². The first-order valence-electron chi connectivity index (χ1n) is 8.36. The van der Waals surface area contributed by atoms with Crippen LogP contribution >= 0.6 is 0 Å². The van der Waals surface area contributed by atoms with Crippen molar-refractivity contribution in [3.63, 3.8) is 0 Å². The fraction of sp³-hybridized carbons (Fsp3) is 0.688. The number of amides is 1. The highest BCUT2D eigenvalue weighted by Crippen LogP contribution is 2.28. The molecule has 0 aromatic carbocycles. The molecule has 0 bridgehead atoms. The predicted molar refractivity (Wildman–Crippen MR) is 91.2 cm³/mol. The van der Waals surface area contributed by atoms with Crippen LogP contribution in [0.25, 0.3) is 0 Å². The summed E-state index contributed by atoms with van der Waals surface area (Å²) in [6.45, 7) is 3.48. The number of carbonyl (C=O) groups excluding carboxylic acids is 1. The number of hydrogen-bond acceptors (Lipinski definition) is 3. The highest BCUT2D eigenvalue weighted by molar-refractivity contribution is 5.86. The van der Waals surface area contributed by atoms with Crippen molar-refractivity contribution in [2.75, 3.05) is 27.2 Å². The first-order chi connectivity index (χ1) is 11.1. The molecule has 7 nitrogen and oxygen atoms in total. The average Bonchev–Trinajstić information content (AvgIpc) is 3.20. The summed E-state index contributed by atoms with van der Waals surface area (Å²) in [6, 6.07) is 2.58. The Kier molecular flexibility index (Phi) is 6.43. The van der Waals surface area contributed by atoms with Crippen LogP contribution in [-0.4, -0.2) is 53.7 Å². The minimum Gasteiger partial charge on any atom is -0.357 e. The Balaban J connectivity index is 1.90. The molecule has 0 aliphatic heterocycles. The number of nitrogens with zero attached hydrogens (tertiary/aromatic N) is 4. The molecule has 0 radical (unpaired) electrons. The van der Waals surface area contributed by atoms with E-state index >= 15 is 0 Å².